The predicted molar refractivity (Wildman–Crippen MR) is 167 cm³/mol. The molecule has 3 aromatic carbocycles. The van der Waals surface area contributed by atoms with E-state index in [9.17, 15) is 35.0 Å². The van der Waals surface area contributed by atoms with Gasteiger partial charge in [0.05, 0.1) is 19.1 Å². The molecule has 0 aliphatic carbocycles. The van der Waals surface area contributed by atoms with E-state index in [0.29, 0.717) is 34.0 Å². The van der Waals surface area contributed by atoms with Crippen molar-refractivity contribution in [2.45, 2.75) is 17.5 Å². The van der Waals surface area contributed by atoms with Gasteiger partial charge >= 0.3 is 0 Å². The molecule has 1 amide bonds. The zero-order chi connectivity index (χ0) is 32.0. The number of allylic oxidation sites excluding steroid dienone is 2. The molecule has 3 heterocycles. The molecule has 12 nitrogen and oxygen atoms in total. The van der Waals surface area contributed by atoms with Gasteiger partial charge in [-0.15, -0.1) is 11.8 Å². The number of anilines is 1. The van der Waals surface area contributed by atoms with E-state index in [1.165, 1.54) is 62.4 Å². The summed E-state index contributed by atoms with van der Waals surface area (Å²) >= 11 is 1.54. The van der Waals surface area contributed by atoms with E-state index in [-0.39, 0.29) is 34.4 Å². The highest BCUT2D eigenvalue weighted by Gasteiger charge is 2.69. The molecular formula is C32H29N3O9S. The summed E-state index contributed by atoms with van der Waals surface area (Å²) in [5.74, 6) is -1.85. The number of carbonyl (C=O) groups excluding carboxylic acids is 2. The van der Waals surface area contributed by atoms with Gasteiger partial charge in [-0.2, -0.15) is 0 Å². The first-order chi connectivity index (χ1) is 21.6. The fourth-order valence-corrected chi connectivity index (χ4v) is 8.07. The highest BCUT2D eigenvalue weighted by Crippen LogP contribution is 2.62. The Balaban J connectivity index is 1.48. The molecule has 4 N–H and O–H groups in total. The van der Waals surface area contributed by atoms with Crippen LogP contribution >= 0.6 is 11.8 Å². The zero-order valence-electron chi connectivity index (χ0n) is 24.2. The van der Waals surface area contributed by atoms with Gasteiger partial charge in [0, 0.05) is 59.0 Å². The summed E-state index contributed by atoms with van der Waals surface area (Å²) in [6.45, 7) is 0. The largest absolute Gasteiger partial charge is 0.508 e. The van der Waals surface area contributed by atoms with Gasteiger partial charge < -0.3 is 30.1 Å². The summed E-state index contributed by atoms with van der Waals surface area (Å²) in [5.41, 5.74) is 0.214. The molecule has 0 saturated carbocycles. The molecule has 13 heteroatoms. The number of aromatic hydroxyl groups is 2. The number of nitro benzene ring substituents is 1. The van der Waals surface area contributed by atoms with Gasteiger partial charge in [-0.05, 0) is 47.5 Å². The molecule has 2 fully saturated rings. The van der Waals surface area contributed by atoms with Crippen LogP contribution in [0, 0.1) is 16.0 Å². The Labute approximate surface area is 261 Å². The van der Waals surface area contributed by atoms with Crippen LogP contribution in [0.3, 0.4) is 0 Å². The average molecular weight is 632 g/mol. The third-order valence-electron chi connectivity index (χ3n) is 8.65. The van der Waals surface area contributed by atoms with Crippen LogP contribution in [0.5, 0.6) is 23.0 Å². The molecule has 4 atom stereocenters. The van der Waals surface area contributed by atoms with Crippen molar-refractivity contribution in [3.05, 3.63) is 99.3 Å². The molecular weight excluding hydrogens is 602 g/mol. The number of nitro groups is 1. The van der Waals surface area contributed by atoms with Gasteiger partial charge in [-0.1, -0.05) is 18.2 Å². The molecule has 1 spiro atoms. The lowest BCUT2D eigenvalue weighted by Gasteiger charge is -2.37. The number of fused-ring (bicyclic) bond motifs is 4. The molecule has 0 bridgehead atoms. The number of aliphatic hydroxyl groups excluding tert-OH is 1. The van der Waals surface area contributed by atoms with E-state index >= 15 is 0 Å². The summed E-state index contributed by atoms with van der Waals surface area (Å²) in [7, 11) is 2.80. The molecule has 3 aliphatic rings. The van der Waals surface area contributed by atoms with E-state index in [4.69, 9.17) is 9.47 Å². The number of hydrogen-bond donors (Lipinski definition) is 4. The fourth-order valence-electron chi connectivity index (χ4n) is 6.74. The number of phenols is 2. The second-order valence-electron chi connectivity index (χ2n) is 10.9. The Morgan fingerprint density at radius 1 is 1.09 bits per heavy atom. The van der Waals surface area contributed by atoms with Crippen molar-refractivity contribution in [3.63, 3.8) is 0 Å². The number of aliphatic hydroxyl groups is 1. The van der Waals surface area contributed by atoms with Crippen LogP contribution in [0.15, 0.2) is 72.5 Å². The van der Waals surface area contributed by atoms with Gasteiger partial charge in [0.15, 0.2) is 28.8 Å². The van der Waals surface area contributed by atoms with E-state index in [0.717, 1.165) is 6.08 Å². The number of hydrogen-bond acceptors (Lipinski definition) is 11. The first-order valence-electron chi connectivity index (χ1n) is 13.9. The maximum Gasteiger partial charge on any atom is 0.269 e. The van der Waals surface area contributed by atoms with E-state index in [1.54, 1.807) is 30.3 Å². The summed E-state index contributed by atoms with van der Waals surface area (Å²) in [5, 5.41) is 45.8. The molecule has 2 saturated heterocycles. The normalized spacial score (nSPS) is 24.1. The van der Waals surface area contributed by atoms with Gasteiger partial charge in [-0.3, -0.25) is 24.6 Å². The SMILES string of the molecule is COc1cc(/C=C/C(O)=C/C(=O)C2C3CSCN3C3(C(=O)Nc4ccc([N+](=O)[O-])cc43)C2c2ccc(O)c(OC)c2)ccc1O. The number of ketones is 1. The van der Waals surface area contributed by atoms with Gasteiger partial charge in [0.25, 0.3) is 5.69 Å². The standard InChI is InChI=1S/C32H29N3O9S/c1-43-27-11-17(4-9-24(27)37)3-7-20(36)14-26(39)29-23-15-45-16-34(23)32(30(29)18-5-10-25(38)28(12-18)44-2)21-13-19(35(41)42)6-8-22(21)33-31(32)40/h3-14,23,29-30,36-38H,15-16H2,1-2H3,(H,33,40)/b7-3+,20-14-. The van der Waals surface area contributed by atoms with Crippen molar-refractivity contribution in [3.8, 4) is 23.0 Å². The monoisotopic (exact) mass is 631 g/mol. The molecule has 3 aliphatic heterocycles. The zero-order valence-corrected chi connectivity index (χ0v) is 25.0. The Bertz CT molecular complexity index is 1790. The number of rotatable bonds is 8. The Morgan fingerprint density at radius 3 is 2.51 bits per heavy atom. The van der Waals surface area contributed by atoms with Crippen molar-refractivity contribution in [2.75, 3.05) is 31.2 Å². The minimum absolute atomic E-state index is 0.0431. The number of benzene rings is 3. The minimum Gasteiger partial charge on any atom is -0.508 e. The van der Waals surface area contributed by atoms with E-state index in [1.807, 2.05) is 4.90 Å². The summed E-state index contributed by atoms with van der Waals surface area (Å²) < 4.78 is 10.5. The molecule has 45 heavy (non-hydrogen) atoms. The van der Waals surface area contributed by atoms with Crippen molar-refractivity contribution in [1.29, 1.82) is 0 Å². The Morgan fingerprint density at radius 2 is 1.80 bits per heavy atom. The van der Waals surface area contributed by atoms with Crippen molar-refractivity contribution >= 4 is 40.9 Å². The van der Waals surface area contributed by atoms with E-state index in [2.05, 4.69) is 5.32 Å². The molecule has 0 radical (unpaired) electrons. The van der Waals surface area contributed by atoms with Crippen LogP contribution in [0.25, 0.3) is 6.08 Å². The number of nitrogens with zero attached hydrogens (tertiary/aromatic N) is 2. The smallest absolute Gasteiger partial charge is 0.269 e. The third-order valence-corrected chi connectivity index (χ3v) is 9.68. The lowest BCUT2D eigenvalue weighted by atomic mass is 9.70. The molecule has 4 unspecified atom stereocenters. The Hall–Kier alpha value is -5.01. The fraction of sp³-hybridized carbons (Fsp3) is 0.250. The molecule has 6 rings (SSSR count). The lowest BCUT2D eigenvalue weighted by Crippen LogP contribution is -2.50. The lowest BCUT2D eigenvalue weighted by molar-refractivity contribution is -0.384. The number of methoxy groups -OCH3 is 2. The number of phenolic OH excluding ortho intramolecular Hbond substituents is 2. The Kier molecular flexibility index (Phi) is 7.67. The van der Waals surface area contributed by atoms with Crippen molar-refractivity contribution in [1.82, 2.24) is 4.90 Å². The van der Waals surface area contributed by atoms with Crippen LogP contribution in [-0.4, -0.2) is 68.7 Å². The number of carbonyl (C=O) groups is 2. The maximum absolute atomic E-state index is 14.2. The first-order valence-corrected chi connectivity index (χ1v) is 15.1. The topological polar surface area (TPSA) is 172 Å². The third kappa shape index (κ3) is 4.84. The number of amides is 1. The van der Waals surface area contributed by atoms with Crippen LogP contribution < -0.4 is 14.8 Å². The van der Waals surface area contributed by atoms with E-state index < -0.39 is 40.0 Å². The second kappa shape index (κ2) is 11.5. The summed E-state index contributed by atoms with van der Waals surface area (Å²) in [6.07, 6.45) is 4.01. The van der Waals surface area contributed by atoms with Crippen molar-refractivity contribution < 1.29 is 39.3 Å². The van der Waals surface area contributed by atoms with Gasteiger partial charge in [0.1, 0.15) is 11.3 Å². The highest BCUT2D eigenvalue weighted by atomic mass is 32.2. The molecule has 232 valence electrons. The summed E-state index contributed by atoms with van der Waals surface area (Å²) in [4.78, 5) is 41.6. The second-order valence-corrected chi connectivity index (χ2v) is 11.9. The van der Waals surface area contributed by atoms with Gasteiger partial charge in [-0.25, -0.2) is 0 Å². The first kappa shape index (κ1) is 30.0. The summed E-state index contributed by atoms with van der Waals surface area (Å²) in [6, 6.07) is 13.0. The average Bonchev–Trinajstić information content (AvgIpc) is 3.69. The van der Waals surface area contributed by atoms with Crippen LogP contribution in [0.1, 0.15) is 22.6 Å². The van der Waals surface area contributed by atoms with Crippen LogP contribution in [0.2, 0.25) is 0 Å². The maximum atomic E-state index is 14.2. The molecule has 0 aromatic heterocycles. The highest BCUT2D eigenvalue weighted by molar-refractivity contribution is 7.99. The molecule has 3 aromatic rings. The van der Waals surface area contributed by atoms with Crippen LogP contribution in [-0.2, 0) is 15.1 Å². The number of thioether (sulfide) groups is 1. The quantitative estimate of drug-likeness (QED) is 0.0894. The number of ether oxygens (including phenoxy) is 2. The van der Waals surface area contributed by atoms with Gasteiger partial charge in [0.2, 0.25) is 5.91 Å². The van der Waals surface area contributed by atoms with Crippen LogP contribution in [0.4, 0.5) is 11.4 Å². The number of nitrogens with one attached hydrogen (secondary N) is 1. The number of non-ortho nitro benzene ring substituents is 1. The van der Waals surface area contributed by atoms with Crippen molar-refractivity contribution in [2.24, 2.45) is 5.92 Å². The predicted octanol–water partition coefficient (Wildman–Crippen LogP) is 4.68. The minimum atomic E-state index is -1.50.